The molecular weight excluding hydrogens is 846 g/mol. The van der Waals surface area contributed by atoms with E-state index in [0.29, 0.717) is 32.1 Å². The van der Waals surface area contributed by atoms with E-state index in [0.717, 1.165) is 44.9 Å². The van der Waals surface area contributed by atoms with E-state index in [1.165, 1.54) is 64.2 Å². The molecule has 0 heterocycles. The maximum absolute atomic E-state index is 12.7. The fraction of sp³-hybridized carbons (Fsp3) is 0.841. The lowest BCUT2D eigenvalue weighted by Gasteiger charge is -2.20. The number of phosphoric acid groups is 2. The van der Waals surface area contributed by atoms with Gasteiger partial charge in [-0.3, -0.25) is 28.0 Å². The number of rotatable bonds is 40. The number of aliphatic hydroxyl groups is 3. The molecule has 0 bridgehead atoms. The third-order valence-corrected chi connectivity index (χ3v) is 12.1. The first-order chi connectivity index (χ1) is 29.6. The van der Waals surface area contributed by atoms with Crippen molar-refractivity contribution in [3.63, 3.8) is 0 Å². The van der Waals surface area contributed by atoms with Crippen LogP contribution >= 0.6 is 15.6 Å². The smallest absolute Gasteiger partial charge is 0.462 e. The summed E-state index contributed by atoms with van der Waals surface area (Å²) in [5, 5.41) is 30.5. The molecule has 0 aromatic heterocycles. The van der Waals surface area contributed by atoms with Gasteiger partial charge in [-0.05, 0) is 32.1 Å². The Hall–Kier alpha value is -1.81. The monoisotopic (exact) mass is 926 g/mol. The lowest BCUT2D eigenvalue weighted by Crippen LogP contribution is -2.30. The Kier molecular flexibility index (Phi) is 33.3. The number of aliphatic hydroxyl groups excluding tert-OH is 3. The number of unbranched alkanes of at least 4 members (excludes halogenated alkanes) is 17. The topological polar surface area (TPSA) is 253 Å². The Labute approximate surface area is 370 Å². The summed E-state index contributed by atoms with van der Waals surface area (Å²) in [6.45, 7) is 1.37. The minimum atomic E-state index is -4.89. The number of phosphoric ester groups is 2. The Morgan fingerprint density at radius 2 is 1.23 bits per heavy atom. The second-order valence-corrected chi connectivity index (χ2v) is 19.2. The molecule has 0 aromatic carbocycles. The molecule has 7 atom stereocenters. The fourth-order valence-electron chi connectivity index (χ4n) is 7.09. The highest BCUT2D eigenvalue weighted by Crippen LogP contribution is 2.44. The summed E-state index contributed by atoms with van der Waals surface area (Å²) in [5.41, 5.74) is 0. The predicted molar refractivity (Wildman–Crippen MR) is 236 cm³/mol. The minimum Gasteiger partial charge on any atom is -0.462 e. The predicted octanol–water partition coefficient (Wildman–Crippen LogP) is 8.49. The number of esters is 2. The third-order valence-electron chi connectivity index (χ3n) is 10.7. The van der Waals surface area contributed by atoms with Crippen molar-refractivity contribution in [3.05, 3.63) is 24.3 Å². The molecule has 1 fully saturated rings. The van der Waals surface area contributed by atoms with Crippen molar-refractivity contribution in [1.82, 2.24) is 0 Å². The quantitative estimate of drug-likeness (QED) is 0.0146. The molecule has 16 nitrogen and oxygen atoms in total. The summed E-state index contributed by atoms with van der Waals surface area (Å²) in [6, 6.07) is 0. The molecule has 0 spiro atoms. The van der Waals surface area contributed by atoms with Crippen molar-refractivity contribution in [3.8, 4) is 0 Å². The molecule has 0 aromatic rings. The van der Waals surface area contributed by atoms with Crippen LogP contribution in [0.5, 0.6) is 0 Å². The Balaban J connectivity index is 2.54. The van der Waals surface area contributed by atoms with Gasteiger partial charge in [0.15, 0.2) is 6.10 Å². The van der Waals surface area contributed by atoms with Crippen LogP contribution in [0.4, 0.5) is 0 Å². The summed E-state index contributed by atoms with van der Waals surface area (Å²) in [6.07, 6.45) is 25.3. The molecule has 1 rings (SSSR count). The zero-order valence-electron chi connectivity index (χ0n) is 37.4. The second kappa shape index (κ2) is 35.5. The van der Waals surface area contributed by atoms with Crippen LogP contribution in [0.25, 0.3) is 0 Å². The number of Topliss-reactive ketones (excluding diaryl/α,β-unsaturated/α-hetero) is 1. The first-order valence-electron chi connectivity index (χ1n) is 23.1. The third kappa shape index (κ3) is 31.9. The zero-order chi connectivity index (χ0) is 46.1. The molecule has 1 unspecified atom stereocenters. The summed E-state index contributed by atoms with van der Waals surface area (Å²) in [4.78, 5) is 65.5. The first kappa shape index (κ1) is 58.2. The van der Waals surface area contributed by atoms with E-state index >= 15 is 0 Å². The number of ether oxygens (including phenoxy) is 2. The molecule has 0 saturated heterocycles. The van der Waals surface area contributed by atoms with E-state index in [9.17, 15) is 43.7 Å². The minimum absolute atomic E-state index is 0.00693. The van der Waals surface area contributed by atoms with Crippen molar-refractivity contribution in [2.24, 2.45) is 11.8 Å². The van der Waals surface area contributed by atoms with Crippen molar-refractivity contribution < 1.29 is 76.6 Å². The van der Waals surface area contributed by atoms with Gasteiger partial charge in [0, 0.05) is 31.1 Å². The van der Waals surface area contributed by atoms with Crippen molar-refractivity contribution in [2.45, 2.75) is 199 Å². The summed E-state index contributed by atoms with van der Waals surface area (Å²) in [7, 11) is -9.76. The van der Waals surface area contributed by atoms with Gasteiger partial charge >= 0.3 is 27.6 Å². The van der Waals surface area contributed by atoms with Crippen LogP contribution in [0, 0.1) is 11.8 Å². The Morgan fingerprint density at radius 3 is 1.82 bits per heavy atom. The molecule has 0 radical (unpaired) electrons. The lowest BCUT2D eigenvalue weighted by molar-refractivity contribution is -0.161. The maximum Gasteiger partial charge on any atom is 0.472 e. The van der Waals surface area contributed by atoms with Crippen LogP contribution in [-0.4, -0.2) is 98.6 Å². The standard InChI is InChI=1S/C44H80O16P2/c1-3-5-7-8-9-10-11-12-13-14-15-16-17-18-24-28-44(50)60-38(35-59-62(54,55)58-33-37(46)32-57-61(51,52)53)34-56-43(49)27-23-20-19-22-26-39-40(42(48)31-41(39)47)30-29-36(45)25-21-6-4-2/h19,22,29-30,36-41,45-47H,3-18,20-21,23-28,31-35H2,1-2H3,(H,54,55)(H2,51,52,53)/b22-19-,30-29+/t36-,37-,38+,39+,40+,41-/m0/s1. The van der Waals surface area contributed by atoms with Gasteiger partial charge in [-0.15, -0.1) is 0 Å². The largest absolute Gasteiger partial charge is 0.472 e. The van der Waals surface area contributed by atoms with E-state index in [2.05, 4.69) is 22.9 Å². The van der Waals surface area contributed by atoms with E-state index in [4.69, 9.17) is 23.8 Å². The van der Waals surface area contributed by atoms with Gasteiger partial charge < -0.3 is 39.5 Å². The number of hydrogen-bond donors (Lipinski definition) is 6. The normalized spacial score (nSPS) is 19.5. The van der Waals surface area contributed by atoms with Crippen LogP contribution < -0.4 is 0 Å². The van der Waals surface area contributed by atoms with Crippen LogP contribution in [0.15, 0.2) is 24.3 Å². The van der Waals surface area contributed by atoms with Gasteiger partial charge in [0.05, 0.1) is 32.0 Å². The number of carbonyl (C=O) groups excluding carboxylic acids is 3. The SMILES string of the molecule is CCCCCCCCCCCCCCCCCC(=O)O[C@H](COC(=O)CCC/C=C\C[C@H]1[C@@H](O)CC(=O)[C@@H]1/C=C/[C@@H](O)CCCCC)COP(=O)(O)OC[C@@H](O)COP(=O)(O)O. The molecule has 0 aliphatic heterocycles. The Morgan fingerprint density at radius 1 is 0.694 bits per heavy atom. The van der Waals surface area contributed by atoms with Crippen LogP contribution in [0.3, 0.4) is 0 Å². The summed E-state index contributed by atoms with van der Waals surface area (Å²) < 4.78 is 47.8. The van der Waals surface area contributed by atoms with E-state index in [1.807, 2.05) is 12.2 Å². The van der Waals surface area contributed by atoms with Gasteiger partial charge in [0.25, 0.3) is 0 Å². The van der Waals surface area contributed by atoms with E-state index in [1.54, 1.807) is 12.2 Å². The van der Waals surface area contributed by atoms with Gasteiger partial charge in [-0.2, -0.15) is 0 Å². The van der Waals surface area contributed by atoms with E-state index < -0.39 is 84.3 Å². The van der Waals surface area contributed by atoms with Gasteiger partial charge in [-0.25, -0.2) is 9.13 Å². The maximum atomic E-state index is 12.7. The first-order valence-corrected chi connectivity index (χ1v) is 26.2. The average molecular weight is 927 g/mol. The van der Waals surface area contributed by atoms with E-state index in [-0.39, 0.29) is 31.0 Å². The number of carbonyl (C=O) groups is 3. The Bertz CT molecular complexity index is 1350. The van der Waals surface area contributed by atoms with Gasteiger partial charge in [0.2, 0.25) is 0 Å². The molecule has 6 N–H and O–H groups in total. The highest BCUT2D eigenvalue weighted by atomic mass is 31.2. The zero-order valence-corrected chi connectivity index (χ0v) is 39.2. The number of ketones is 1. The van der Waals surface area contributed by atoms with Crippen LogP contribution in [0.2, 0.25) is 0 Å². The molecular formula is C44H80O16P2. The fourth-order valence-corrected chi connectivity index (χ4v) is 8.25. The summed E-state index contributed by atoms with van der Waals surface area (Å²) >= 11 is 0. The summed E-state index contributed by atoms with van der Waals surface area (Å²) in [5.74, 6) is -2.07. The molecule has 1 saturated carbocycles. The average Bonchev–Trinajstić information content (AvgIpc) is 3.49. The molecule has 1 aliphatic carbocycles. The number of hydrogen-bond acceptors (Lipinski definition) is 13. The van der Waals surface area contributed by atoms with Gasteiger partial charge in [0.1, 0.15) is 18.5 Å². The second-order valence-electron chi connectivity index (χ2n) is 16.5. The highest BCUT2D eigenvalue weighted by molar-refractivity contribution is 7.47. The molecule has 0 amide bonds. The molecule has 62 heavy (non-hydrogen) atoms. The van der Waals surface area contributed by atoms with Crippen molar-refractivity contribution in [1.29, 1.82) is 0 Å². The molecule has 1 aliphatic rings. The molecule has 18 heteroatoms. The van der Waals surface area contributed by atoms with Crippen molar-refractivity contribution in [2.75, 3.05) is 26.4 Å². The molecule has 362 valence electrons. The lowest BCUT2D eigenvalue weighted by atomic mass is 9.90. The highest BCUT2D eigenvalue weighted by Gasteiger charge is 2.39. The van der Waals surface area contributed by atoms with Crippen molar-refractivity contribution >= 4 is 33.4 Å². The number of allylic oxidation sites excluding steroid dienone is 3. The van der Waals surface area contributed by atoms with Crippen LogP contribution in [-0.2, 0) is 46.6 Å². The van der Waals surface area contributed by atoms with Gasteiger partial charge in [-0.1, -0.05) is 147 Å². The van der Waals surface area contributed by atoms with Crippen LogP contribution in [0.1, 0.15) is 174 Å².